The van der Waals surface area contributed by atoms with Gasteiger partial charge in [-0.05, 0) is 43.5 Å². The molecule has 4 heteroatoms. The molecule has 1 unspecified atom stereocenters. The fraction of sp³-hybridized carbons (Fsp3) is 0.538. The highest BCUT2D eigenvalue weighted by atomic mass is 32.2. The van der Waals surface area contributed by atoms with E-state index in [1.165, 1.54) is 6.07 Å². The molecule has 2 atom stereocenters. The van der Waals surface area contributed by atoms with E-state index in [-0.39, 0.29) is 17.7 Å². The van der Waals surface area contributed by atoms with E-state index >= 15 is 0 Å². The Morgan fingerprint density at radius 1 is 1.35 bits per heavy atom. The van der Waals surface area contributed by atoms with Gasteiger partial charge in [-0.15, -0.1) is 11.8 Å². The highest BCUT2D eigenvalue weighted by Crippen LogP contribution is 2.33. The monoisotopic (exact) mass is 258 g/mol. The van der Waals surface area contributed by atoms with Gasteiger partial charge in [0, 0.05) is 16.8 Å². The topological polar surface area (TPSA) is 40.5 Å². The molecule has 0 saturated carbocycles. The van der Waals surface area contributed by atoms with Crippen molar-refractivity contribution in [3.63, 3.8) is 0 Å². The standard InChI is InChI=1S/C13H19FO2S/c1-8-6-13(17-9(2)4-5-15)11(10(3)16)7-12(8)14/h6-7,9-10,15-16H,4-5H2,1-3H3/t9?,10-/m0/s1. The summed E-state index contributed by atoms with van der Waals surface area (Å²) in [4.78, 5) is 0.889. The number of halogens is 1. The molecule has 0 saturated heterocycles. The van der Waals surface area contributed by atoms with Crippen molar-refractivity contribution >= 4 is 11.8 Å². The molecule has 0 radical (unpaired) electrons. The quantitative estimate of drug-likeness (QED) is 0.797. The van der Waals surface area contributed by atoms with E-state index < -0.39 is 6.10 Å². The van der Waals surface area contributed by atoms with Crippen LogP contribution in [0.5, 0.6) is 0 Å². The van der Waals surface area contributed by atoms with Crippen molar-refractivity contribution in [2.75, 3.05) is 6.61 Å². The van der Waals surface area contributed by atoms with Crippen LogP contribution in [0.2, 0.25) is 0 Å². The first-order chi connectivity index (χ1) is 7.95. The zero-order valence-electron chi connectivity index (χ0n) is 10.4. The van der Waals surface area contributed by atoms with Crippen molar-refractivity contribution in [1.82, 2.24) is 0 Å². The molecule has 0 spiro atoms. The first kappa shape index (κ1) is 14.5. The van der Waals surface area contributed by atoms with Crippen molar-refractivity contribution < 1.29 is 14.6 Å². The molecule has 96 valence electrons. The average Bonchev–Trinajstić information content (AvgIpc) is 2.23. The van der Waals surface area contributed by atoms with Crippen molar-refractivity contribution in [2.24, 2.45) is 0 Å². The van der Waals surface area contributed by atoms with Gasteiger partial charge in [0.1, 0.15) is 5.82 Å². The Kier molecular flexibility index (Phi) is 5.43. The van der Waals surface area contributed by atoms with Crippen LogP contribution in [0.15, 0.2) is 17.0 Å². The molecule has 1 aromatic carbocycles. The Hall–Kier alpha value is -0.580. The van der Waals surface area contributed by atoms with Crippen molar-refractivity contribution in [3.8, 4) is 0 Å². The van der Waals surface area contributed by atoms with Gasteiger partial charge in [-0.3, -0.25) is 0 Å². The Labute approximate surface area is 106 Å². The van der Waals surface area contributed by atoms with Crippen LogP contribution in [0, 0.1) is 12.7 Å². The van der Waals surface area contributed by atoms with E-state index in [0.29, 0.717) is 17.5 Å². The average molecular weight is 258 g/mol. The lowest BCUT2D eigenvalue weighted by Gasteiger charge is -2.16. The third kappa shape index (κ3) is 3.98. The van der Waals surface area contributed by atoms with Gasteiger partial charge in [0.25, 0.3) is 0 Å². The van der Waals surface area contributed by atoms with Crippen molar-refractivity contribution in [2.45, 2.75) is 43.4 Å². The Morgan fingerprint density at radius 3 is 2.53 bits per heavy atom. The Balaban J connectivity index is 3.00. The largest absolute Gasteiger partial charge is 0.396 e. The number of aliphatic hydroxyl groups excluding tert-OH is 2. The molecule has 17 heavy (non-hydrogen) atoms. The molecule has 0 heterocycles. The number of hydrogen-bond donors (Lipinski definition) is 2. The van der Waals surface area contributed by atoms with Crippen LogP contribution in [0.3, 0.4) is 0 Å². The van der Waals surface area contributed by atoms with Gasteiger partial charge in [-0.1, -0.05) is 6.92 Å². The summed E-state index contributed by atoms with van der Waals surface area (Å²) in [5.41, 5.74) is 1.19. The molecule has 0 fully saturated rings. The van der Waals surface area contributed by atoms with Gasteiger partial charge in [0.15, 0.2) is 0 Å². The fourth-order valence-electron chi connectivity index (χ4n) is 1.56. The molecule has 0 aromatic heterocycles. The predicted molar refractivity (Wildman–Crippen MR) is 68.8 cm³/mol. The second-order valence-corrected chi connectivity index (χ2v) is 5.74. The van der Waals surface area contributed by atoms with E-state index in [2.05, 4.69) is 0 Å². The van der Waals surface area contributed by atoms with E-state index in [1.807, 2.05) is 6.92 Å². The molecular formula is C13H19FO2S. The molecule has 1 rings (SSSR count). The third-order valence-corrected chi connectivity index (χ3v) is 3.85. The zero-order valence-corrected chi connectivity index (χ0v) is 11.2. The van der Waals surface area contributed by atoms with Crippen LogP contribution in [-0.2, 0) is 0 Å². The summed E-state index contributed by atoms with van der Waals surface area (Å²) in [5, 5.41) is 18.7. The summed E-state index contributed by atoms with van der Waals surface area (Å²) < 4.78 is 13.4. The second kappa shape index (κ2) is 6.38. The molecule has 0 aliphatic carbocycles. The molecule has 0 aliphatic heterocycles. The van der Waals surface area contributed by atoms with Crippen LogP contribution in [0.25, 0.3) is 0 Å². The lowest BCUT2D eigenvalue weighted by molar-refractivity contribution is 0.196. The highest BCUT2D eigenvalue weighted by molar-refractivity contribution is 8.00. The van der Waals surface area contributed by atoms with Crippen LogP contribution in [-0.4, -0.2) is 22.1 Å². The smallest absolute Gasteiger partial charge is 0.126 e. The number of rotatable bonds is 5. The number of aliphatic hydroxyl groups is 2. The molecule has 0 bridgehead atoms. The van der Waals surface area contributed by atoms with E-state index in [0.717, 1.165) is 4.90 Å². The number of hydrogen-bond acceptors (Lipinski definition) is 3. The van der Waals surface area contributed by atoms with Gasteiger partial charge >= 0.3 is 0 Å². The minimum atomic E-state index is -0.686. The minimum Gasteiger partial charge on any atom is -0.396 e. The summed E-state index contributed by atoms with van der Waals surface area (Å²) in [6, 6.07) is 3.16. The van der Waals surface area contributed by atoms with Gasteiger partial charge in [-0.2, -0.15) is 0 Å². The zero-order chi connectivity index (χ0) is 13.0. The van der Waals surface area contributed by atoms with Crippen LogP contribution in [0.1, 0.15) is 37.5 Å². The molecule has 1 aromatic rings. The Morgan fingerprint density at radius 2 is 2.00 bits per heavy atom. The van der Waals surface area contributed by atoms with Crippen molar-refractivity contribution in [1.29, 1.82) is 0 Å². The summed E-state index contributed by atoms with van der Waals surface area (Å²) >= 11 is 1.56. The Bertz CT molecular complexity index is 380. The van der Waals surface area contributed by atoms with E-state index in [9.17, 15) is 9.50 Å². The lowest BCUT2D eigenvalue weighted by Crippen LogP contribution is -2.03. The summed E-state index contributed by atoms with van der Waals surface area (Å²) in [7, 11) is 0. The third-order valence-electron chi connectivity index (χ3n) is 2.60. The van der Waals surface area contributed by atoms with Gasteiger partial charge in [-0.25, -0.2) is 4.39 Å². The fourth-order valence-corrected chi connectivity index (χ4v) is 2.82. The predicted octanol–water partition coefficient (Wildman–Crippen LogP) is 3.05. The van der Waals surface area contributed by atoms with Gasteiger partial charge in [0.2, 0.25) is 0 Å². The minimum absolute atomic E-state index is 0.137. The first-order valence-electron chi connectivity index (χ1n) is 5.71. The molecule has 2 N–H and O–H groups in total. The van der Waals surface area contributed by atoms with E-state index in [4.69, 9.17) is 5.11 Å². The number of benzene rings is 1. The van der Waals surface area contributed by atoms with Gasteiger partial charge in [0.05, 0.1) is 6.10 Å². The maximum absolute atomic E-state index is 13.4. The van der Waals surface area contributed by atoms with Crippen molar-refractivity contribution in [3.05, 3.63) is 29.1 Å². The normalized spacial score (nSPS) is 14.7. The van der Waals surface area contributed by atoms with E-state index in [1.54, 1.807) is 31.7 Å². The highest BCUT2D eigenvalue weighted by Gasteiger charge is 2.14. The van der Waals surface area contributed by atoms with Crippen LogP contribution >= 0.6 is 11.8 Å². The molecule has 0 amide bonds. The maximum Gasteiger partial charge on any atom is 0.126 e. The van der Waals surface area contributed by atoms with Crippen LogP contribution < -0.4 is 0 Å². The lowest BCUT2D eigenvalue weighted by atomic mass is 10.1. The maximum atomic E-state index is 13.4. The molecular weight excluding hydrogens is 239 g/mol. The number of aryl methyl sites for hydroxylation is 1. The first-order valence-corrected chi connectivity index (χ1v) is 6.59. The summed E-state index contributed by atoms with van der Waals surface area (Å²) in [5.74, 6) is -0.292. The molecule has 2 nitrogen and oxygen atoms in total. The second-order valence-electron chi connectivity index (χ2n) is 4.26. The molecule has 0 aliphatic rings. The number of thioether (sulfide) groups is 1. The SMILES string of the molecule is Cc1cc(SC(C)CCO)c([C@H](C)O)cc1F. The summed E-state index contributed by atoms with van der Waals surface area (Å²) in [6.45, 7) is 5.48. The van der Waals surface area contributed by atoms with Crippen LogP contribution in [0.4, 0.5) is 4.39 Å². The van der Waals surface area contributed by atoms with Gasteiger partial charge < -0.3 is 10.2 Å². The summed E-state index contributed by atoms with van der Waals surface area (Å²) in [6.07, 6.45) is -0.00529.